The summed E-state index contributed by atoms with van der Waals surface area (Å²) in [5.41, 5.74) is 6.18. The van der Waals surface area contributed by atoms with Gasteiger partial charge in [0.15, 0.2) is 5.13 Å². The van der Waals surface area contributed by atoms with Crippen LogP contribution in [0.15, 0.2) is 47.9 Å². The van der Waals surface area contributed by atoms with Crippen molar-refractivity contribution in [1.82, 2.24) is 4.98 Å². The molecule has 0 radical (unpaired) electrons. The minimum atomic E-state index is -0.461. The van der Waals surface area contributed by atoms with Crippen molar-refractivity contribution in [2.75, 3.05) is 5.32 Å². The van der Waals surface area contributed by atoms with Crippen LogP contribution in [0.25, 0.3) is 17.3 Å². The molecule has 28 heavy (non-hydrogen) atoms. The highest BCUT2D eigenvalue weighted by atomic mass is 32.1. The lowest BCUT2D eigenvalue weighted by atomic mass is 9.99. The van der Waals surface area contributed by atoms with E-state index >= 15 is 0 Å². The minimum absolute atomic E-state index is 0.0125. The molecule has 6 nitrogen and oxygen atoms in total. The number of nitrogens with zero attached hydrogens (tertiary/aromatic N) is 2. The van der Waals surface area contributed by atoms with Crippen LogP contribution in [0.3, 0.4) is 0 Å². The standard InChI is InChI=1S/C21H19N3O3S/c1-13-10-15(3)18(11-14(13)2)19-12-28-21(22-19)23-20(25)9-6-16-4-7-17(8-5-16)24(26)27/h4-12H,1-3H3,(H,22,23,25)/b9-6+. The number of hydrogen-bond donors (Lipinski definition) is 1. The van der Waals surface area contributed by atoms with E-state index in [4.69, 9.17) is 0 Å². The van der Waals surface area contributed by atoms with Crippen LogP contribution in [0.1, 0.15) is 22.3 Å². The molecule has 3 aromatic rings. The van der Waals surface area contributed by atoms with Gasteiger partial charge >= 0.3 is 0 Å². The second-order valence-electron chi connectivity index (χ2n) is 6.46. The second-order valence-corrected chi connectivity index (χ2v) is 7.32. The number of benzene rings is 2. The predicted molar refractivity (Wildman–Crippen MR) is 113 cm³/mol. The van der Waals surface area contributed by atoms with Crippen molar-refractivity contribution >= 4 is 34.1 Å². The summed E-state index contributed by atoms with van der Waals surface area (Å²) < 4.78 is 0. The van der Waals surface area contributed by atoms with Gasteiger partial charge in [0.1, 0.15) is 0 Å². The third-order valence-corrected chi connectivity index (χ3v) is 5.14. The summed E-state index contributed by atoms with van der Waals surface area (Å²) in [6.45, 7) is 6.19. The number of rotatable bonds is 5. The number of aryl methyl sites for hydroxylation is 3. The van der Waals surface area contributed by atoms with Crippen molar-refractivity contribution < 1.29 is 9.72 Å². The number of non-ortho nitro benzene ring substituents is 1. The van der Waals surface area contributed by atoms with Crippen molar-refractivity contribution in [2.24, 2.45) is 0 Å². The van der Waals surface area contributed by atoms with Crippen molar-refractivity contribution in [3.05, 3.63) is 80.2 Å². The molecule has 3 rings (SSSR count). The van der Waals surface area contributed by atoms with Crippen LogP contribution in [0.4, 0.5) is 10.8 Å². The van der Waals surface area contributed by atoms with Gasteiger partial charge < -0.3 is 0 Å². The Morgan fingerprint density at radius 2 is 1.79 bits per heavy atom. The fourth-order valence-electron chi connectivity index (χ4n) is 2.72. The highest BCUT2D eigenvalue weighted by Gasteiger charge is 2.10. The minimum Gasteiger partial charge on any atom is -0.298 e. The summed E-state index contributed by atoms with van der Waals surface area (Å²) in [4.78, 5) is 26.8. The van der Waals surface area contributed by atoms with Crippen LogP contribution in [0.2, 0.25) is 0 Å². The molecule has 0 saturated heterocycles. The lowest BCUT2D eigenvalue weighted by molar-refractivity contribution is -0.384. The molecule has 0 spiro atoms. The number of nitrogens with one attached hydrogen (secondary N) is 1. The summed E-state index contributed by atoms with van der Waals surface area (Å²) in [5, 5.41) is 15.9. The summed E-state index contributed by atoms with van der Waals surface area (Å²) in [6, 6.07) is 10.2. The molecule has 0 saturated carbocycles. The van der Waals surface area contributed by atoms with Crippen molar-refractivity contribution in [3.8, 4) is 11.3 Å². The molecule has 0 aliphatic rings. The topological polar surface area (TPSA) is 85.1 Å². The van der Waals surface area contributed by atoms with Gasteiger partial charge in [-0.2, -0.15) is 0 Å². The number of amides is 1. The number of carbonyl (C=O) groups excluding carboxylic acids is 1. The summed E-state index contributed by atoms with van der Waals surface area (Å²) in [6.07, 6.45) is 2.98. The van der Waals surface area contributed by atoms with Gasteiger partial charge in [0.05, 0.1) is 10.6 Å². The van der Waals surface area contributed by atoms with Gasteiger partial charge in [-0.15, -0.1) is 11.3 Å². The molecule has 1 heterocycles. The Morgan fingerprint density at radius 3 is 2.46 bits per heavy atom. The van der Waals surface area contributed by atoms with Crippen LogP contribution >= 0.6 is 11.3 Å². The molecule has 142 valence electrons. The van der Waals surface area contributed by atoms with Gasteiger partial charge in [-0.1, -0.05) is 6.07 Å². The molecule has 7 heteroatoms. The Hall–Kier alpha value is -3.32. The zero-order chi connectivity index (χ0) is 20.3. The number of nitro groups is 1. The molecule has 0 aliphatic heterocycles. The Morgan fingerprint density at radius 1 is 1.11 bits per heavy atom. The molecular formula is C21H19N3O3S. The SMILES string of the molecule is Cc1cc(C)c(-c2csc(NC(=O)/C=C/c3ccc([N+](=O)[O-])cc3)n2)cc1C. The second kappa shape index (κ2) is 8.14. The average molecular weight is 393 g/mol. The number of anilines is 1. The van der Waals surface area contributed by atoms with E-state index in [0.717, 1.165) is 16.8 Å². The van der Waals surface area contributed by atoms with Gasteiger partial charge in [-0.05, 0) is 67.3 Å². The number of thiazole rings is 1. The third-order valence-electron chi connectivity index (χ3n) is 4.38. The van der Waals surface area contributed by atoms with E-state index in [9.17, 15) is 14.9 Å². The van der Waals surface area contributed by atoms with Crippen molar-refractivity contribution in [1.29, 1.82) is 0 Å². The largest absolute Gasteiger partial charge is 0.298 e. The average Bonchev–Trinajstić information content (AvgIpc) is 3.11. The van der Waals surface area contributed by atoms with Crippen LogP contribution in [-0.2, 0) is 4.79 Å². The Bertz CT molecular complexity index is 1070. The van der Waals surface area contributed by atoms with Crippen LogP contribution in [0, 0.1) is 30.9 Å². The monoisotopic (exact) mass is 393 g/mol. The Balaban J connectivity index is 1.68. The van der Waals surface area contributed by atoms with Gasteiger partial charge in [0.25, 0.3) is 5.69 Å². The molecule has 0 atom stereocenters. The maximum absolute atomic E-state index is 12.1. The normalized spacial score (nSPS) is 11.0. The van der Waals surface area contributed by atoms with E-state index < -0.39 is 4.92 Å². The third kappa shape index (κ3) is 4.50. The Labute approximate surface area is 166 Å². The van der Waals surface area contributed by atoms with Crippen LogP contribution in [-0.4, -0.2) is 15.8 Å². The first-order valence-electron chi connectivity index (χ1n) is 8.61. The smallest absolute Gasteiger partial charge is 0.269 e. The maximum Gasteiger partial charge on any atom is 0.269 e. The van der Waals surface area contributed by atoms with Gasteiger partial charge in [0.2, 0.25) is 5.91 Å². The molecule has 0 aliphatic carbocycles. The molecule has 0 unspecified atom stereocenters. The van der Waals surface area contributed by atoms with Crippen molar-refractivity contribution in [3.63, 3.8) is 0 Å². The molecule has 1 amide bonds. The molecular weight excluding hydrogens is 374 g/mol. The van der Waals surface area contributed by atoms with E-state index in [1.165, 1.54) is 40.7 Å². The van der Waals surface area contributed by atoms with Gasteiger partial charge in [-0.25, -0.2) is 4.98 Å². The first-order chi connectivity index (χ1) is 13.3. The summed E-state index contributed by atoms with van der Waals surface area (Å²) in [7, 11) is 0. The lowest BCUT2D eigenvalue weighted by Crippen LogP contribution is -2.07. The number of hydrogen-bond acceptors (Lipinski definition) is 5. The van der Waals surface area contributed by atoms with E-state index in [1.54, 1.807) is 18.2 Å². The van der Waals surface area contributed by atoms with E-state index in [0.29, 0.717) is 10.7 Å². The zero-order valence-corrected chi connectivity index (χ0v) is 16.5. The lowest BCUT2D eigenvalue weighted by Gasteiger charge is -2.07. The maximum atomic E-state index is 12.1. The highest BCUT2D eigenvalue weighted by molar-refractivity contribution is 7.14. The fraction of sp³-hybridized carbons (Fsp3) is 0.143. The van der Waals surface area contributed by atoms with E-state index in [1.807, 2.05) is 12.3 Å². The number of nitro benzene ring substituents is 1. The van der Waals surface area contributed by atoms with Gasteiger partial charge in [0, 0.05) is 29.2 Å². The Kier molecular flexibility index (Phi) is 5.65. The molecule has 1 aromatic heterocycles. The zero-order valence-electron chi connectivity index (χ0n) is 15.7. The quantitative estimate of drug-likeness (QED) is 0.362. The van der Waals surface area contributed by atoms with E-state index in [2.05, 4.69) is 36.3 Å². The molecule has 1 N–H and O–H groups in total. The van der Waals surface area contributed by atoms with E-state index in [-0.39, 0.29) is 11.6 Å². The molecule has 2 aromatic carbocycles. The summed E-state index contributed by atoms with van der Waals surface area (Å²) in [5.74, 6) is -0.309. The molecule has 0 bridgehead atoms. The molecule has 0 fully saturated rings. The number of aromatic nitrogens is 1. The predicted octanol–water partition coefficient (Wildman–Crippen LogP) is 5.30. The van der Waals surface area contributed by atoms with Crippen LogP contribution < -0.4 is 5.32 Å². The first kappa shape index (κ1) is 19.4. The summed E-state index contributed by atoms with van der Waals surface area (Å²) >= 11 is 1.37. The first-order valence-corrected chi connectivity index (χ1v) is 9.48. The number of carbonyl (C=O) groups is 1. The fourth-order valence-corrected chi connectivity index (χ4v) is 3.43. The van der Waals surface area contributed by atoms with Crippen molar-refractivity contribution in [2.45, 2.75) is 20.8 Å². The van der Waals surface area contributed by atoms with Gasteiger partial charge in [-0.3, -0.25) is 20.2 Å². The highest BCUT2D eigenvalue weighted by Crippen LogP contribution is 2.29. The van der Waals surface area contributed by atoms with Crippen LogP contribution in [0.5, 0.6) is 0 Å².